The molecule has 2 heterocycles. The van der Waals surface area contributed by atoms with Gasteiger partial charge in [0.2, 0.25) is 11.6 Å². The summed E-state index contributed by atoms with van der Waals surface area (Å²) in [6.07, 6.45) is 5.21. The van der Waals surface area contributed by atoms with Crippen molar-refractivity contribution in [3.8, 4) is 5.75 Å². The Morgan fingerprint density at radius 2 is 2.00 bits per heavy atom. The molecule has 0 radical (unpaired) electrons. The van der Waals surface area contributed by atoms with Crippen molar-refractivity contribution < 1.29 is 14.3 Å². The highest BCUT2D eigenvalue weighted by atomic mass is 79.9. The zero-order chi connectivity index (χ0) is 17.7. The van der Waals surface area contributed by atoms with E-state index >= 15 is 0 Å². The minimum atomic E-state index is -0.537. The number of aromatic nitrogens is 3. The third-order valence-corrected chi connectivity index (χ3v) is 5.40. The minimum Gasteiger partial charge on any atom is -0.506 e. The third-order valence-electron chi connectivity index (χ3n) is 4.19. The van der Waals surface area contributed by atoms with Crippen molar-refractivity contribution in [2.45, 2.75) is 19.3 Å². The first-order chi connectivity index (χ1) is 11.9. The van der Waals surface area contributed by atoms with Crippen molar-refractivity contribution in [1.29, 1.82) is 0 Å². The first-order valence-electron chi connectivity index (χ1n) is 7.69. The summed E-state index contributed by atoms with van der Waals surface area (Å²) in [6.45, 7) is 0. The van der Waals surface area contributed by atoms with Crippen LogP contribution in [0.15, 0.2) is 33.5 Å². The number of carbonyl (C=O) groups excluding carboxylic acids is 1. The molecule has 1 saturated carbocycles. The number of halogens is 3. The van der Waals surface area contributed by atoms with Crippen LogP contribution in [-0.2, 0) is 6.42 Å². The Labute approximate surface area is 159 Å². The Balaban J connectivity index is 1.88. The zero-order valence-electron chi connectivity index (χ0n) is 12.8. The predicted octanol–water partition coefficient (Wildman–Crippen LogP) is 4.28. The molecule has 3 aromatic rings. The van der Waals surface area contributed by atoms with E-state index < -0.39 is 5.82 Å². The van der Waals surface area contributed by atoms with Crippen molar-refractivity contribution in [2.24, 2.45) is 5.92 Å². The SMILES string of the molecule is O=C(c1cc(Br)c(O)c(Br)c1)c1c(CC2CC2)nc2ncc(F)cn12. The van der Waals surface area contributed by atoms with Crippen molar-refractivity contribution in [3.05, 3.63) is 56.2 Å². The lowest BCUT2D eigenvalue weighted by atomic mass is 10.0. The number of benzene rings is 1. The first-order valence-corrected chi connectivity index (χ1v) is 9.28. The van der Waals surface area contributed by atoms with E-state index in [-0.39, 0.29) is 11.5 Å². The fourth-order valence-electron chi connectivity index (χ4n) is 2.77. The number of imidazole rings is 1. The smallest absolute Gasteiger partial charge is 0.234 e. The summed E-state index contributed by atoms with van der Waals surface area (Å²) in [5, 5.41) is 9.85. The summed E-state index contributed by atoms with van der Waals surface area (Å²) in [6, 6.07) is 3.07. The second kappa shape index (κ2) is 6.17. The molecule has 0 atom stereocenters. The molecule has 5 nitrogen and oxygen atoms in total. The average Bonchev–Trinajstić information content (AvgIpc) is 3.31. The van der Waals surface area contributed by atoms with Gasteiger partial charge in [-0.15, -0.1) is 0 Å². The van der Waals surface area contributed by atoms with Crippen LogP contribution in [0, 0.1) is 11.7 Å². The molecule has 1 aliphatic rings. The van der Waals surface area contributed by atoms with Gasteiger partial charge in [-0.3, -0.25) is 9.20 Å². The van der Waals surface area contributed by atoms with E-state index in [1.165, 1.54) is 22.7 Å². The van der Waals surface area contributed by atoms with Crippen LogP contribution in [0.5, 0.6) is 5.75 Å². The first kappa shape index (κ1) is 16.7. The van der Waals surface area contributed by atoms with Gasteiger partial charge in [0.1, 0.15) is 11.4 Å². The number of fused-ring (bicyclic) bond motifs is 1. The molecule has 0 bridgehead atoms. The van der Waals surface area contributed by atoms with Crippen LogP contribution in [0.4, 0.5) is 4.39 Å². The Kier molecular flexibility index (Phi) is 4.11. The highest BCUT2D eigenvalue weighted by Crippen LogP contribution is 2.36. The van der Waals surface area contributed by atoms with Crippen LogP contribution in [-0.4, -0.2) is 25.3 Å². The summed E-state index contributed by atoms with van der Waals surface area (Å²) in [7, 11) is 0. The number of nitrogens with zero attached hydrogens (tertiary/aromatic N) is 3. The van der Waals surface area contributed by atoms with Crippen LogP contribution < -0.4 is 0 Å². The summed E-state index contributed by atoms with van der Waals surface area (Å²) < 4.78 is 15.9. The van der Waals surface area contributed by atoms with Gasteiger partial charge in [0, 0.05) is 5.56 Å². The molecule has 1 N–H and O–H groups in total. The van der Waals surface area contributed by atoms with Crippen LogP contribution in [0.2, 0.25) is 0 Å². The van der Waals surface area contributed by atoms with Crippen LogP contribution >= 0.6 is 31.9 Å². The highest BCUT2D eigenvalue weighted by Gasteiger charge is 2.29. The normalized spacial score (nSPS) is 14.2. The predicted molar refractivity (Wildman–Crippen MR) is 96.3 cm³/mol. The van der Waals surface area contributed by atoms with Gasteiger partial charge in [-0.2, -0.15) is 0 Å². The Morgan fingerprint density at radius 1 is 1.32 bits per heavy atom. The van der Waals surface area contributed by atoms with Crippen LogP contribution in [0.25, 0.3) is 5.78 Å². The van der Waals surface area contributed by atoms with Gasteiger partial charge in [-0.05, 0) is 69.2 Å². The Bertz CT molecular complexity index is 992. The number of aromatic hydroxyl groups is 1. The maximum atomic E-state index is 13.7. The van der Waals surface area contributed by atoms with E-state index in [1.807, 2.05) is 0 Å². The molecule has 8 heteroatoms. The summed E-state index contributed by atoms with van der Waals surface area (Å²) >= 11 is 6.46. The fourth-order valence-corrected chi connectivity index (χ4v) is 3.95. The van der Waals surface area contributed by atoms with Gasteiger partial charge in [-0.25, -0.2) is 14.4 Å². The second-order valence-electron chi connectivity index (χ2n) is 6.11. The van der Waals surface area contributed by atoms with Gasteiger partial charge >= 0.3 is 0 Å². The molecule has 0 amide bonds. The summed E-state index contributed by atoms with van der Waals surface area (Å²) in [4.78, 5) is 21.6. The van der Waals surface area contributed by atoms with E-state index in [1.54, 1.807) is 0 Å². The molecule has 2 aromatic heterocycles. The molecule has 4 rings (SSSR count). The van der Waals surface area contributed by atoms with Gasteiger partial charge in [0.25, 0.3) is 0 Å². The standard InChI is InChI=1S/C17H12Br2FN3O2/c18-11-4-9(5-12(19)16(11)25)15(24)14-13(3-8-1-2-8)22-17-21-6-10(20)7-23(14)17/h4-8,25H,1-3H2. The third kappa shape index (κ3) is 3.08. The molecule has 0 aliphatic heterocycles. The number of hydrogen-bond acceptors (Lipinski definition) is 4. The number of ketones is 1. The number of rotatable bonds is 4. The van der Waals surface area contributed by atoms with E-state index in [0.717, 1.165) is 19.0 Å². The molecule has 1 aliphatic carbocycles. The molecule has 1 aromatic carbocycles. The number of phenols is 1. The lowest BCUT2D eigenvalue weighted by Crippen LogP contribution is -2.09. The summed E-state index contributed by atoms with van der Waals surface area (Å²) in [5.41, 5.74) is 1.31. The van der Waals surface area contributed by atoms with Crippen molar-refractivity contribution in [3.63, 3.8) is 0 Å². The molecule has 25 heavy (non-hydrogen) atoms. The van der Waals surface area contributed by atoms with E-state index in [0.29, 0.717) is 44.0 Å². The van der Waals surface area contributed by atoms with Gasteiger partial charge in [0.15, 0.2) is 5.82 Å². The van der Waals surface area contributed by atoms with Crippen molar-refractivity contribution >= 4 is 43.4 Å². The maximum Gasteiger partial charge on any atom is 0.234 e. The highest BCUT2D eigenvalue weighted by molar-refractivity contribution is 9.11. The van der Waals surface area contributed by atoms with E-state index in [2.05, 4.69) is 41.8 Å². The number of phenolic OH excluding ortho intramolecular Hbond substituents is 1. The average molecular weight is 469 g/mol. The topological polar surface area (TPSA) is 67.5 Å². The van der Waals surface area contributed by atoms with E-state index in [4.69, 9.17) is 0 Å². The Morgan fingerprint density at radius 3 is 2.64 bits per heavy atom. The molecule has 0 saturated heterocycles. The lowest BCUT2D eigenvalue weighted by molar-refractivity contribution is 0.103. The zero-order valence-corrected chi connectivity index (χ0v) is 16.0. The molecular weight excluding hydrogens is 457 g/mol. The van der Waals surface area contributed by atoms with Gasteiger partial charge < -0.3 is 5.11 Å². The molecule has 0 spiro atoms. The maximum absolute atomic E-state index is 13.7. The summed E-state index contributed by atoms with van der Waals surface area (Å²) in [5.74, 6) is -0.000504. The molecule has 1 fully saturated rings. The Hall–Kier alpha value is -1.80. The largest absolute Gasteiger partial charge is 0.506 e. The van der Waals surface area contributed by atoms with Crippen molar-refractivity contribution in [1.82, 2.24) is 14.4 Å². The monoisotopic (exact) mass is 467 g/mol. The second-order valence-corrected chi connectivity index (χ2v) is 7.82. The molecular formula is C17H12Br2FN3O2. The van der Waals surface area contributed by atoms with Gasteiger partial charge in [0.05, 0.1) is 27.0 Å². The van der Waals surface area contributed by atoms with Gasteiger partial charge in [-0.1, -0.05) is 0 Å². The fraction of sp³-hybridized carbons (Fsp3) is 0.235. The quantitative estimate of drug-likeness (QED) is 0.580. The van der Waals surface area contributed by atoms with Crippen LogP contribution in [0.1, 0.15) is 34.6 Å². The van der Waals surface area contributed by atoms with E-state index in [9.17, 15) is 14.3 Å². The van der Waals surface area contributed by atoms with Crippen molar-refractivity contribution in [2.75, 3.05) is 0 Å². The number of hydrogen-bond donors (Lipinski definition) is 1. The minimum absolute atomic E-state index is 0.0145. The molecule has 0 unspecified atom stereocenters. The van der Waals surface area contributed by atoms with Crippen LogP contribution in [0.3, 0.4) is 0 Å². The lowest BCUT2D eigenvalue weighted by Gasteiger charge is -2.07. The molecule has 128 valence electrons. The number of carbonyl (C=O) groups is 1.